The van der Waals surface area contributed by atoms with E-state index >= 15 is 0 Å². The minimum absolute atomic E-state index is 0.0830. The van der Waals surface area contributed by atoms with Crippen LogP contribution in [0.2, 0.25) is 0 Å². The molecule has 1 saturated heterocycles. The SMILES string of the molecule is NC(=O)Nc1ccc2c(c1)=C(Cc1cc(-c3cccc(C(=O)NCCN4CCCCC4)c3)c[nH]1)C(=O)N=2. The first-order valence-corrected chi connectivity index (χ1v) is 12.6. The molecule has 0 atom stereocenters. The van der Waals surface area contributed by atoms with Crippen molar-refractivity contribution in [2.75, 3.05) is 31.5 Å². The number of amides is 4. The normalized spacial score (nSPS) is 15.2. The number of aromatic amines is 1. The number of rotatable bonds is 8. The molecule has 9 nitrogen and oxygen atoms in total. The van der Waals surface area contributed by atoms with E-state index in [1.807, 2.05) is 36.5 Å². The first kappa shape index (κ1) is 24.5. The number of urea groups is 1. The molecule has 1 aromatic heterocycles. The average molecular weight is 499 g/mol. The van der Waals surface area contributed by atoms with Crippen LogP contribution in [0.25, 0.3) is 16.7 Å². The maximum absolute atomic E-state index is 12.7. The molecule has 0 saturated carbocycles. The summed E-state index contributed by atoms with van der Waals surface area (Å²) >= 11 is 0. The van der Waals surface area contributed by atoms with Gasteiger partial charge in [0, 0.05) is 53.4 Å². The Hall–Kier alpha value is -4.24. The van der Waals surface area contributed by atoms with Crippen LogP contribution in [0.15, 0.2) is 59.7 Å². The van der Waals surface area contributed by atoms with Crippen LogP contribution in [0.4, 0.5) is 10.5 Å². The van der Waals surface area contributed by atoms with Crippen molar-refractivity contribution in [3.8, 4) is 11.1 Å². The summed E-state index contributed by atoms with van der Waals surface area (Å²) in [5.41, 5.74) is 9.55. The van der Waals surface area contributed by atoms with Crippen molar-refractivity contribution >= 4 is 29.1 Å². The molecular formula is C28H30N6O3. The Morgan fingerprint density at radius 1 is 1.03 bits per heavy atom. The number of likely N-dealkylation sites (tertiary alicyclic amines) is 1. The zero-order valence-electron chi connectivity index (χ0n) is 20.5. The van der Waals surface area contributed by atoms with Gasteiger partial charge in [0.05, 0.1) is 5.36 Å². The predicted molar refractivity (Wildman–Crippen MR) is 141 cm³/mol. The number of hydrogen-bond acceptors (Lipinski definition) is 4. The Labute approximate surface area is 214 Å². The number of primary amides is 1. The van der Waals surface area contributed by atoms with Gasteiger partial charge in [-0.3, -0.25) is 9.59 Å². The summed E-state index contributed by atoms with van der Waals surface area (Å²) in [5.74, 6) is -0.383. The maximum atomic E-state index is 12.7. The molecule has 3 aromatic rings. The summed E-state index contributed by atoms with van der Waals surface area (Å²) in [4.78, 5) is 46.3. The van der Waals surface area contributed by atoms with E-state index in [0.717, 1.165) is 36.5 Å². The predicted octanol–water partition coefficient (Wildman–Crippen LogP) is 1.94. The fraction of sp³-hybridized carbons (Fsp3) is 0.286. The Kier molecular flexibility index (Phi) is 7.14. The second-order valence-corrected chi connectivity index (χ2v) is 9.45. The maximum Gasteiger partial charge on any atom is 0.316 e. The Bertz CT molecular complexity index is 1470. The summed E-state index contributed by atoms with van der Waals surface area (Å²) in [5, 5.41) is 6.81. The van der Waals surface area contributed by atoms with Gasteiger partial charge >= 0.3 is 6.03 Å². The largest absolute Gasteiger partial charge is 0.364 e. The summed E-state index contributed by atoms with van der Waals surface area (Å²) in [6.07, 6.45) is 5.98. The smallest absolute Gasteiger partial charge is 0.316 e. The highest BCUT2D eigenvalue weighted by atomic mass is 16.2. The number of aromatic nitrogens is 1. The van der Waals surface area contributed by atoms with Crippen molar-refractivity contribution in [1.82, 2.24) is 15.2 Å². The number of benzene rings is 2. The third-order valence-corrected chi connectivity index (χ3v) is 6.80. The molecular weight excluding hydrogens is 468 g/mol. The molecule has 5 N–H and O–H groups in total. The number of hydrogen-bond donors (Lipinski definition) is 4. The summed E-state index contributed by atoms with van der Waals surface area (Å²) in [6, 6.07) is 13.9. The molecule has 0 aliphatic carbocycles. The van der Waals surface area contributed by atoms with E-state index in [9.17, 15) is 14.4 Å². The standard InChI is InChI=1S/C28H30N6O3/c29-28(37)32-21-7-8-25-23(15-21)24(27(36)33-25)16-22-14-20(17-31-22)18-5-4-6-19(13-18)26(35)30-9-12-34-10-2-1-3-11-34/h4-8,13-15,17,31H,1-3,9-12,16H2,(H,30,35)(H3,29,32,37). The number of fused-ring (bicyclic) bond motifs is 1. The number of nitrogens with zero attached hydrogens (tertiary/aromatic N) is 2. The quantitative estimate of drug-likeness (QED) is 0.378. The van der Waals surface area contributed by atoms with Crippen LogP contribution in [0.5, 0.6) is 0 Å². The van der Waals surface area contributed by atoms with E-state index < -0.39 is 6.03 Å². The summed E-state index contributed by atoms with van der Waals surface area (Å²) in [7, 11) is 0. The fourth-order valence-corrected chi connectivity index (χ4v) is 4.91. The second kappa shape index (κ2) is 10.8. The van der Waals surface area contributed by atoms with Gasteiger partial charge < -0.3 is 26.3 Å². The van der Waals surface area contributed by atoms with Crippen LogP contribution in [0, 0.1) is 0 Å². The molecule has 0 unspecified atom stereocenters. The lowest BCUT2D eigenvalue weighted by Crippen LogP contribution is -2.37. The minimum Gasteiger partial charge on any atom is -0.364 e. The van der Waals surface area contributed by atoms with Gasteiger partial charge in [-0.05, 0) is 73.5 Å². The van der Waals surface area contributed by atoms with E-state index in [2.05, 4.69) is 25.5 Å². The number of nitrogens with two attached hydrogens (primary N) is 1. The molecule has 37 heavy (non-hydrogen) atoms. The van der Waals surface area contributed by atoms with Crippen molar-refractivity contribution < 1.29 is 14.4 Å². The number of piperidine rings is 1. The number of carbonyl (C=O) groups is 3. The van der Waals surface area contributed by atoms with Crippen LogP contribution >= 0.6 is 0 Å². The van der Waals surface area contributed by atoms with Crippen LogP contribution < -0.4 is 26.9 Å². The van der Waals surface area contributed by atoms with E-state index in [1.165, 1.54) is 19.3 Å². The van der Waals surface area contributed by atoms with E-state index in [0.29, 0.717) is 40.4 Å². The topological polar surface area (TPSA) is 133 Å². The molecule has 3 heterocycles. The summed E-state index contributed by atoms with van der Waals surface area (Å²) in [6.45, 7) is 3.72. The molecule has 2 aromatic carbocycles. The van der Waals surface area contributed by atoms with Gasteiger partial charge in [0.25, 0.3) is 11.8 Å². The highest BCUT2D eigenvalue weighted by Gasteiger charge is 2.18. The first-order chi connectivity index (χ1) is 18.0. The summed E-state index contributed by atoms with van der Waals surface area (Å²) < 4.78 is 0. The van der Waals surface area contributed by atoms with Crippen molar-refractivity contribution in [2.45, 2.75) is 25.7 Å². The molecule has 190 valence electrons. The van der Waals surface area contributed by atoms with Crippen molar-refractivity contribution in [2.24, 2.45) is 10.7 Å². The Balaban J connectivity index is 1.28. The monoisotopic (exact) mass is 498 g/mol. The highest BCUT2D eigenvalue weighted by molar-refractivity contribution is 6.15. The third-order valence-electron chi connectivity index (χ3n) is 6.80. The van der Waals surface area contributed by atoms with Crippen molar-refractivity contribution in [1.29, 1.82) is 0 Å². The lowest BCUT2D eigenvalue weighted by molar-refractivity contribution is -0.112. The van der Waals surface area contributed by atoms with Crippen LogP contribution in [-0.2, 0) is 11.2 Å². The van der Waals surface area contributed by atoms with Gasteiger partial charge in [-0.25, -0.2) is 9.79 Å². The minimum atomic E-state index is -0.672. The molecule has 0 bridgehead atoms. The molecule has 2 aliphatic rings. The molecule has 9 heteroatoms. The molecule has 0 radical (unpaired) electrons. The van der Waals surface area contributed by atoms with Crippen molar-refractivity contribution in [3.05, 3.63) is 76.6 Å². The second-order valence-electron chi connectivity index (χ2n) is 9.45. The number of nitrogens with one attached hydrogen (secondary N) is 3. The van der Waals surface area contributed by atoms with E-state index in [4.69, 9.17) is 5.73 Å². The molecule has 0 spiro atoms. The zero-order chi connectivity index (χ0) is 25.8. The number of carbonyl (C=O) groups excluding carboxylic acids is 3. The van der Waals surface area contributed by atoms with Gasteiger partial charge in [-0.15, -0.1) is 0 Å². The fourth-order valence-electron chi connectivity index (χ4n) is 4.91. The molecule has 4 amide bonds. The van der Waals surface area contributed by atoms with Crippen LogP contribution in [-0.4, -0.2) is 53.9 Å². The lowest BCUT2D eigenvalue weighted by Gasteiger charge is -2.26. The van der Waals surface area contributed by atoms with Crippen LogP contribution in [0.1, 0.15) is 35.3 Å². The van der Waals surface area contributed by atoms with E-state index in [-0.39, 0.29) is 11.8 Å². The number of anilines is 1. The molecule has 2 aliphatic heterocycles. The first-order valence-electron chi connectivity index (χ1n) is 12.6. The van der Waals surface area contributed by atoms with Gasteiger partial charge in [-0.1, -0.05) is 18.6 Å². The van der Waals surface area contributed by atoms with Gasteiger partial charge in [-0.2, -0.15) is 0 Å². The van der Waals surface area contributed by atoms with Gasteiger partial charge in [0.2, 0.25) is 0 Å². The van der Waals surface area contributed by atoms with Crippen molar-refractivity contribution in [3.63, 3.8) is 0 Å². The third kappa shape index (κ3) is 5.78. The number of H-pyrrole nitrogens is 1. The average Bonchev–Trinajstić information content (AvgIpc) is 3.49. The highest BCUT2D eigenvalue weighted by Crippen LogP contribution is 2.23. The Morgan fingerprint density at radius 3 is 2.68 bits per heavy atom. The molecule has 1 fully saturated rings. The molecule has 5 rings (SSSR count). The Morgan fingerprint density at radius 2 is 1.86 bits per heavy atom. The van der Waals surface area contributed by atoms with E-state index in [1.54, 1.807) is 18.2 Å². The van der Waals surface area contributed by atoms with Gasteiger partial charge in [0.15, 0.2) is 0 Å². The lowest BCUT2D eigenvalue weighted by atomic mass is 10.0. The zero-order valence-corrected chi connectivity index (χ0v) is 20.5. The van der Waals surface area contributed by atoms with Crippen LogP contribution in [0.3, 0.4) is 0 Å². The van der Waals surface area contributed by atoms with Gasteiger partial charge in [0.1, 0.15) is 0 Å².